The van der Waals surface area contributed by atoms with Gasteiger partial charge in [0.1, 0.15) is 0 Å². The highest BCUT2D eigenvalue weighted by Crippen LogP contribution is 2.07. The minimum absolute atomic E-state index is 0. The fraction of sp³-hybridized carbons (Fsp3) is 0.500. The smallest absolute Gasteiger partial charge is 0.240 e. The van der Waals surface area contributed by atoms with E-state index in [4.69, 9.17) is 5.73 Å². The van der Waals surface area contributed by atoms with E-state index in [0.717, 1.165) is 12.8 Å². The van der Waals surface area contributed by atoms with Crippen molar-refractivity contribution in [3.63, 3.8) is 0 Å². The molecule has 2 amide bonds. The Morgan fingerprint density at radius 3 is 2.41 bits per heavy atom. The molecule has 0 saturated carbocycles. The third kappa shape index (κ3) is 7.43. The highest BCUT2D eigenvalue weighted by molar-refractivity contribution is 5.89. The molecule has 1 rings (SSSR count). The molecule has 124 valence electrons. The van der Waals surface area contributed by atoms with Crippen LogP contribution >= 0.6 is 12.4 Å². The van der Waals surface area contributed by atoms with Crippen LogP contribution in [-0.2, 0) is 16.0 Å². The van der Waals surface area contributed by atoms with Crippen molar-refractivity contribution in [2.24, 2.45) is 5.73 Å². The largest absolute Gasteiger partial charge is 0.354 e. The highest BCUT2D eigenvalue weighted by atomic mass is 35.5. The van der Waals surface area contributed by atoms with Crippen LogP contribution in [0.3, 0.4) is 0 Å². The van der Waals surface area contributed by atoms with Crippen molar-refractivity contribution in [1.82, 2.24) is 10.6 Å². The lowest BCUT2D eigenvalue weighted by atomic mass is 9.96. The highest BCUT2D eigenvalue weighted by Gasteiger charge is 2.27. The fourth-order valence-electron chi connectivity index (χ4n) is 2.05. The van der Waals surface area contributed by atoms with Gasteiger partial charge in [-0.05, 0) is 25.3 Å². The maximum atomic E-state index is 11.8. The van der Waals surface area contributed by atoms with Gasteiger partial charge in [0, 0.05) is 6.54 Å². The Morgan fingerprint density at radius 2 is 1.82 bits per heavy atom. The van der Waals surface area contributed by atoms with Crippen molar-refractivity contribution in [3.8, 4) is 0 Å². The van der Waals surface area contributed by atoms with Crippen LogP contribution in [0, 0.1) is 0 Å². The van der Waals surface area contributed by atoms with Gasteiger partial charge in [-0.3, -0.25) is 9.59 Å². The van der Waals surface area contributed by atoms with Gasteiger partial charge in [0.05, 0.1) is 12.1 Å². The first kappa shape index (κ1) is 20.4. The van der Waals surface area contributed by atoms with Crippen LogP contribution in [0.4, 0.5) is 0 Å². The quantitative estimate of drug-likeness (QED) is 0.675. The zero-order valence-electron chi connectivity index (χ0n) is 13.2. The molecular weight excluding hydrogens is 302 g/mol. The number of benzene rings is 1. The van der Waals surface area contributed by atoms with Crippen LogP contribution in [0.1, 0.15) is 32.3 Å². The molecule has 0 heterocycles. The average molecular weight is 328 g/mol. The number of carbonyl (C=O) groups is 2. The van der Waals surface area contributed by atoms with E-state index < -0.39 is 5.54 Å². The first-order valence-corrected chi connectivity index (χ1v) is 7.33. The van der Waals surface area contributed by atoms with Crippen LogP contribution in [0.15, 0.2) is 30.3 Å². The van der Waals surface area contributed by atoms with E-state index >= 15 is 0 Å². The van der Waals surface area contributed by atoms with E-state index in [0.29, 0.717) is 13.0 Å². The van der Waals surface area contributed by atoms with Gasteiger partial charge >= 0.3 is 0 Å². The second-order valence-electron chi connectivity index (χ2n) is 5.44. The number of nitrogens with two attached hydrogens (primary N) is 1. The van der Waals surface area contributed by atoms with Gasteiger partial charge in [0.15, 0.2) is 0 Å². The van der Waals surface area contributed by atoms with Gasteiger partial charge in [0.25, 0.3) is 0 Å². The summed E-state index contributed by atoms with van der Waals surface area (Å²) in [6, 6.07) is 9.91. The SMILES string of the molecule is CCCC(C)(N)C(=O)NCC(=O)NCCc1ccccc1.Cl. The molecule has 0 fully saturated rings. The Bertz CT molecular complexity index is 464. The van der Waals surface area contributed by atoms with Crippen molar-refractivity contribution in [2.45, 2.75) is 38.6 Å². The van der Waals surface area contributed by atoms with E-state index in [1.54, 1.807) is 6.92 Å². The fourth-order valence-corrected chi connectivity index (χ4v) is 2.05. The third-order valence-electron chi connectivity index (χ3n) is 3.28. The van der Waals surface area contributed by atoms with Crippen LogP contribution in [0.25, 0.3) is 0 Å². The van der Waals surface area contributed by atoms with E-state index in [2.05, 4.69) is 10.6 Å². The van der Waals surface area contributed by atoms with Crippen molar-refractivity contribution in [3.05, 3.63) is 35.9 Å². The zero-order valence-corrected chi connectivity index (χ0v) is 14.0. The van der Waals surface area contributed by atoms with Gasteiger partial charge in [-0.15, -0.1) is 12.4 Å². The van der Waals surface area contributed by atoms with Crippen LogP contribution in [0.2, 0.25) is 0 Å². The third-order valence-corrected chi connectivity index (χ3v) is 3.28. The van der Waals surface area contributed by atoms with Crippen molar-refractivity contribution >= 4 is 24.2 Å². The Morgan fingerprint density at radius 1 is 1.18 bits per heavy atom. The van der Waals surface area contributed by atoms with E-state index in [9.17, 15) is 9.59 Å². The van der Waals surface area contributed by atoms with E-state index in [1.165, 1.54) is 5.56 Å². The minimum atomic E-state index is -0.918. The Balaban J connectivity index is 0.00000441. The normalized spacial score (nSPS) is 12.7. The topological polar surface area (TPSA) is 84.2 Å². The first-order valence-electron chi connectivity index (χ1n) is 7.33. The number of carbonyl (C=O) groups excluding carboxylic acids is 2. The molecule has 1 unspecified atom stereocenters. The predicted molar refractivity (Wildman–Crippen MR) is 90.9 cm³/mol. The van der Waals surface area contributed by atoms with Crippen molar-refractivity contribution in [1.29, 1.82) is 0 Å². The van der Waals surface area contributed by atoms with Gasteiger partial charge in [-0.1, -0.05) is 43.7 Å². The molecule has 0 aromatic heterocycles. The molecule has 0 aliphatic rings. The van der Waals surface area contributed by atoms with Crippen LogP contribution in [0.5, 0.6) is 0 Å². The summed E-state index contributed by atoms with van der Waals surface area (Å²) >= 11 is 0. The molecule has 0 saturated heterocycles. The molecule has 0 bridgehead atoms. The van der Waals surface area contributed by atoms with Crippen LogP contribution in [-0.4, -0.2) is 30.4 Å². The van der Waals surface area contributed by atoms with Crippen molar-refractivity contribution < 1.29 is 9.59 Å². The van der Waals surface area contributed by atoms with Gasteiger partial charge in [-0.2, -0.15) is 0 Å². The number of amides is 2. The molecule has 1 atom stereocenters. The molecule has 1 aromatic rings. The molecule has 4 N–H and O–H groups in total. The summed E-state index contributed by atoms with van der Waals surface area (Å²) in [5.41, 5.74) is 6.14. The maximum absolute atomic E-state index is 11.8. The molecule has 0 spiro atoms. The number of hydrogen-bond acceptors (Lipinski definition) is 3. The van der Waals surface area contributed by atoms with Gasteiger partial charge < -0.3 is 16.4 Å². The van der Waals surface area contributed by atoms with E-state index in [-0.39, 0.29) is 30.8 Å². The summed E-state index contributed by atoms with van der Waals surface area (Å²) in [4.78, 5) is 23.5. The molecule has 5 nitrogen and oxygen atoms in total. The minimum Gasteiger partial charge on any atom is -0.354 e. The molecule has 0 radical (unpaired) electrons. The van der Waals surface area contributed by atoms with Gasteiger partial charge in [-0.25, -0.2) is 0 Å². The maximum Gasteiger partial charge on any atom is 0.240 e. The number of hydrogen-bond donors (Lipinski definition) is 3. The lowest BCUT2D eigenvalue weighted by Gasteiger charge is -2.22. The summed E-state index contributed by atoms with van der Waals surface area (Å²) in [5, 5.41) is 5.36. The summed E-state index contributed by atoms with van der Waals surface area (Å²) in [5.74, 6) is -0.492. The molecule has 6 heteroatoms. The number of halogens is 1. The van der Waals surface area contributed by atoms with Gasteiger partial charge in [0.2, 0.25) is 11.8 Å². The molecule has 0 aliphatic heterocycles. The van der Waals surface area contributed by atoms with Crippen molar-refractivity contribution in [2.75, 3.05) is 13.1 Å². The second-order valence-corrected chi connectivity index (χ2v) is 5.44. The second kappa shape index (κ2) is 10.2. The van der Waals surface area contributed by atoms with Crippen LogP contribution < -0.4 is 16.4 Å². The Hall–Kier alpha value is -1.59. The lowest BCUT2D eigenvalue weighted by Crippen LogP contribution is -2.53. The first-order chi connectivity index (χ1) is 9.95. The Labute approximate surface area is 138 Å². The lowest BCUT2D eigenvalue weighted by molar-refractivity contribution is -0.129. The summed E-state index contributed by atoms with van der Waals surface area (Å²) in [7, 11) is 0. The molecule has 1 aromatic carbocycles. The standard InChI is InChI=1S/C16H25N3O2.ClH/c1-3-10-16(2,17)15(21)19-12-14(20)18-11-9-13-7-5-4-6-8-13;/h4-8H,3,9-12,17H2,1-2H3,(H,18,20)(H,19,21);1H. The predicted octanol–water partition coefficient (Wildman–Crippen LogP) is 1.40. The molecular formula is C16H26ClN3O2. The van der Waals surface area contributed by atoms with E-state index in [1.807, 2.05) is 37.3 Å². The number of rotatable bonds is 8. The summed E-state index contributed by atoms with van der Waals surface area (Å²) in [6.07, 6.45) is 2.18. The molecule has 22 heavy (non-hydrogen) atoms. The monoisotopic (exact) mass is 327 g/mol. The average Bonchev–Trinajstić information content (AvgIpc) is 2.45. The summed E-state index contributed by atoms with van der Waals surface area (Å²) in [6.45, 7) is 4.16. The molecule has 0 aliphatic carbocycles. The summed E-state index contributed by atoms with van der Waals surface area (Å²) < 4.78 is 0. The number of nitrogens with one attached hydrogen (secondary N) is 2. The Kier molecular flexibility index (Phi) is 9.45. The zero-order chi connectivity index (χ0) is 15.7.